The Kier molecular flexibility index (Phi) is 46.1. The Morgan fingerprint density at radius 3 is 0.609 bits per heavy atom. The molecule has 0 saturated carbocycles. The molecule has 0 aromatic carbocycles. The van der Waals surface area contributed by atoms with Crippen LogP contribution in [0.2, 0.25) is 0 Å². The average Bonchev–Trinajstić information content (AvgIpc) is 2.12. The van der Waals surface area contributed by atoms with Crippen molar-refractivity contribution < 1.29 is 52.3 Å². The zero-order valence-corrected chi connectivity index (χ0v) is 18.5. The van der Waals surface area contributed by atoms with Gasteiger partial charge >= 0.3 is 0 Å². The summed E-state index contributed by atoms with van der Waals surface area (Å²) in [6, 6.07) is 0. The van der Waals surface area contributed by atoms with Gasteiger partial charge in [0.05, 0.1) is 5.60 Å². The molecule has 5 N–H and O–H groups in total. The van der Waals surface area contributed by atoms with Crippen LogP contribution in [0, 0.1) is 0 Å². The second-order valence-electron chi connectivity index (χ2n) is 6.58. The van der Waals surface area contributed by atoms with Gasteiger partial charge in [0.25, 0.3) is 0 Å². The van der Waals surface area contributed by atoms with Gasteiger partial charge < -0.3 is 20.4 Å². The Bertz CT molecular complexity index is 133. The van der Waals surface area contributed by atoms with Crippen molar-refractivity contribution in [3.63, 3.8) is 0 Å². The average molecular weight is 378 g/mol. The molecule has 0 radical (unpaired) electrons. The molecule has 6 nitrogen and oxygen atoms in total. The van der Waals surface area contributed by atoms with Gasteiger partial charge in [0, 0.05) is 46.1 Å². The maximum Gasteiger partial charge on any atom is 0.0949 e. The van der Waals surface area contributed by atoms with Crippen LogP contribution in [0.5, 0.6) is 0 Å². The summed E-state index contributed by atoms with van der Waals surface area (Å²) >= 11 is 0. The van der Waals surface area contributed by atoms with Crippen LogP contribution in [0.4, 0.5) is 0 Å². The smallest absolute Gasteiger partial charge is 0.0949 e. The van der Waals surface area contributed by atoms with Crippen LogP contribution in [-0.2, 0) is 26.6 Å². The summed E-state index contributed by atoms with van der Waals surface area (Å²) in [5.74, 6) is 0. The van der Waals surface area contributed by atoms with Crippen LogP contribution >= 0.6 is 0 Å². The van der Waals surface area contributed by atoms with Gasteiger partial charge in [-0.05, 0) is 76.2 Å². The maximum absolute atomic E-state index is 8.06. The van der Waals surface area contributed by atoms with Crippen molar-refractivity contribution in [3.8, 4) is 0 Å². The van der Waals surface area contributed by atoms with Crippen LogP contribution < -0.4 is 0 Å². The number of aliphatic hydroxyl groups is 4. The molecule has 0 unspecified atom stereocenters. The van der Waals surface area contributed by atoms with Crippen molar-refractivity contribution in [2.24, 2.45) is 0 Å². The topological polar surface area (TPSA) is 110 Å². The summed E-state index contributed by atoms with van der Waals surface area (Å²) in [7, 11) is 0. The van der Waals surface area contributed by atoms with E-state index in [9.17, 15) is 0 Å². The third-order valence-corrected chi connectivity index (χ3v) is 0.274. The molecule has 146 valence electrons. The molecule has 0 aromatic rings. The minimum absolute atomic E-state index is 0. The van der Waals surface area contributed by atoms with Gasteiger partial charge in [-0.15, -0.1) is 0 Å². The molecule has 0 atom stereocenters. The molecule has 7 heteroatoms. The van der Waals surface area contributed by atoms with Crippen molar-refractivity contribution in [1.82, 2.24) is 0 Å². The summed E-state index contributed by atoms with van der Waals surface area (Å²) in [6.45, 7) is 19.1. The first-order chi connectivity index (χ1) is 9.49. The van der Waals surface area contributed by atoms with E-state index in [0.717, 1.165) is 0 Å². The SMILES string of the molecule is CC(C)(C)OO.CC(C)O.CC(C)O.CC(C)O.CC(C)O.[Ti]. The summed E-state index contributed by atoms with van der Waals surface area (Å²) in [5.41, 5.74) is -0.403. The van der Waals surface area contributed by atoms with E-state index in [1.165, 1.54) is 0 Å². The molecule has 0 heterocycles. The number of rotatable bonds is 0. The zero-order chi connectivity index (χ0) is 19.5. The molecular weight excluding hydrogens is 336 g/mol. The van der Waals surface area contributed by atoms with Crippen LogP contribution in [0.1, 0.15) is 76.2 Å². The Hall–Kier alpha value is 0.474. The monoisotopic (exact) mass is 378 g/mol. The van der Waals surface area contributed by atoms with E-state index >= 15 is 0 Å². The summed E-state index contributed by atoms with van der Waals surface area (Å²) < 4.78 is 0. The van der Waals surface area contributed by atoms with E-state index in [1.807, 2.05) is 0 Å². The molecule has 0 rings (SSSR count). The predicted octanol–water partition coefficient (Wildman–Crippen LogP) is 2.82. The molecule has 0 bridgehead atoms. The van der Waals surface area contributed by atoms with Gasteiger partial charge in [-0.1, -0.05) is 0 Å². The number of aliphatic hydroxyl groups excluding tert-OH is 4. The van der Waals surface area contributed by atoms with Crippen molar-refractivity contribution in [2.45, 2.75) is 106 Å². The van der Waals surface area contributed by atoms with E-state index in [1.54, 1.807) is 76.2 Å². The fourth-order valence-electron chi connectivity index (χ4n) is 0. The fraction of sp³-hybridized carbons (Fsp3) is 1.00. The summed E-state index contributed by atoms with van der Waals surface area (Å²) in [6.07, 6.45) is -0.667. The van der Waals surface area contributed by atoms with Crippen molar-refractivity contribution >= 4 is 0 Å². The normalized spacial score (nSPS) is 9.39. The molecule has 0 aliphatic rings. The van der Waals surface area contributed by atoms with Crippen molar-refractivity contribution in [2.75, 3.05) is 0 Å². The van der Waals surface area contributed by atoms with E-state index in [-0.39, 0.29) is 46.1 Å². The predicted molar refractivity (Wildman–Crippen MR) is 92.9 cm³/mol. The van der Waals surface area contributed by atoms with Gasteiger partial charge in [0.2, 0.25) is 0 Å². The minimum atomic E-state index is -0.403. The second kappa shape index (κ2) is 27.3. The molecular formula is C16H42O6Ti. The molecule has 0 spiro atoms. The quantitative estimate of drug-likeness (QED) is 0.252. The molecule has 0 aliphatic heterocycles. The Morgan fingerprint density at radius 1 is 0.565 bits per heavy atom. The van der Waals surface area contributed by atoms with Gasteiger partial charge in [-0.2, -0.15) is 0 Å². The summed E-state index contributed by atoms with van der Waals surface area (Å²) in [4.78, 5) is 3.94. The largest absolute Gasteiger partial charge is 0.394 e. The first kappa shape index (κ1) is 38.8. The molecule has 0 fully saturated rings. The minimum Gasteiger partial charge on any atom is -0.394 e. The third kappa shape index (κ3) is 780. The van der Waals surface area contributed by atoms with Gasteiger partial charge in [-0.3, -0.25) is 5.26 Å². The summed E-state index contributed by atoms with van der Waals surface area (Å²) in [5, 5.41) is 40.1. The van der Waals surface area contributed by atoms with Crippen LogP contribution in [0.3, 0.4) is 0 Å². The maximum atomic E-state index is 8.06. The Labute approximate surface area is 158 Å². The van der Waals surface area contributed by atoms with Gasteiger partial charge in [0.15, 0.2) is 0 Å². The molecule has 23 heavy (non-hydrogen) atoms. The molecule has 0 saturated heterocycles. The van der Waals surface area contributed by atoms with Crippen LogP contribution in [0.15, 0.2) is 0 Å². The number of hydrogen-bond acceptors (Lipinski definition) is 6. The fourth-order valence-corrected chi connectivity index (χ4v) is 0. The van der Waals surface area contributed by atoms with Gasteiger partial charge in [-0.25, -0.2) is 4.89 Å². The first-order valence-corrected chi connectivity index (χ1v) is 7.54. The standard InChI is InChI=1S/C4H10O2.4C3H8O.Ti/c1-4(2,3)6-5;4*1-3(2)4;/h5H,1-3H3;4*3-4H,1-2H3;. The molecule has 0 aliphatic carbocycles. The Balaban J connectivity index is -0.0000000393. The van der Waals surface area contributed by atoms with Gasteiger partial charge in [0.1, 0.15) is 0 Å². The van der Waals surface area contributed by atoms with Crippen molar-refractivity contribution in [1.29, 1.82) is 0 Å². The second-order valence-corrected chi connectivity index (χ2v) is 6.58. The van der Waals surface area contributed by atoms with E-state index in [4.69, 9.17) is 25.7 Å². The van der Waals surface area contributed by atoms with E-state index < -0.39 is 5.60 Å². The number of hydrogen-bond donors (Lipinski definition) is 5. The molecule has 0 aromatic heterocycles. The molecule has 0 amide bonds. The zero-order valence-electron chi connectivity index (χ0n) is 17.0. The first-order valence-electron chi connectivity index (χ1n) is 7.54. The van der Waals surface area contributed by atoms with Crippen LogP contribution in [-0.4, -0.2) is 55.7 Å². The van der Waals surface area contributed by atoms with E-state index in [2.05, 4.69) is 4.89 Å². The third-order valence-electron chi connectivity index (χ3n) is 0.274. The Morgan fingerprint density at radius 2 is 0.609 bits per heavy atom. The van der Waals surface area contributed by atoms with Crippen molar-refractivity contribution in [3.05, 3.63) is 0 Å². The van der Waals surface area contributed by atoms with Crippen LogP contribution in [0.25, 0.3) is 0 Å². The van der Waals surface area contributed by atoms with E-state index in [0.29, 0.717) is 0 Å².